The summed E-state index contributed by atoms with van der Waals surface area (Å²) < 4.78 is 24.3. The fraction of sp³-hybridized carbons (Fsp3) is 0.632. The number of hydrogen-bond donors (Lipinski definition) is 1. The second-order valence-electron chi connectivity index (χ2n) is 7.54. The Hall–Kier alpha value is -1.40. The highest BCUT2D eigenvalue weighted by molar-refractivity contribution is 7.92. The third-order valence-corrected chi connectivity index (χ3v) is 7.40. The molecule has 1 saturated carbocycles. The van der Waals surface area contributed by atoms with E-state index >= 15 is 0 Å². The zero-order valence-electron chi connectivity index (χ0n) is 15.1. The van der Waals surface area contributed by atoms with Gasteiger partial charge in [0.2, 0.25) is 0 Å². The van der Waals surface area contributed by atoms with Gasteiger partial charge in [0.25, 0.3) is 5.91 Å². The van der Waals surface area contributed by atoms with Crippen LogP contribution in [0, 0.1) is 5.92 Å². The Morgan fingerprint density at radius 3 is 2.24 bits per heavy atom. The standard InChI is InChI=1S/C19H28N2O3S/c1-14(2)25(23,24)18-7-5-16(6-8-18)19(22)21-11-9-17(10-12-21)20-13-15-3-4-15/h5-8,14-15,17,20H,3-4,9-13H2,1-2H3. The molecule has 1 aliphatic carbocycles. The summed E-state index contributed by atoms with van der Waals surface area (Å²) in [5.74, 6) is 0.870. The molecular weight excluding hydrogens is 336 g/mol. The van der Waals surface area contributed by atoms with Crippen molar-refractivity contribution in [1.29, 1.82) is 0 Å². The second kappa shape index (κ2) is 7.46. The average Bonchev–Trinajstić information content (AvgIpc) is 3.44. The Bertz CT molecular complexity index is 701. The molecule has 0 radical (unpaired) electrons. The highest BCUT2D eigenvalue weighted by atomic mass is 32.2. The monoisotopic (exact) mass is 364 g/mol. The molecule has 2 aliphatic rings. The molecule has 1 aliphatic heterocycles. The topological polar surface area (TPSA) is 66.5 Å². The molecule has 1 aromatic carbocycles. The van der Waals surface area contributed by atoms with Crippen LogP contribution in [0.4, 0.5) is 0 Å². The van der Waals surface area contributed by atoms with Crippen LogP contribution in [0.2, 0.25) is 0 Å². The summed E-state index contributed by atoms with van der Waals surface area (Å²) >= 11 is 0. The van der Waals surface area contributed by atoms with E-state index < -0.39 is 15.1 Å². The van der Waals surface area contributed by atoms with E-state index in [4.69, 9.17) is 0 Å². The van der Waals surface area contributed by atoms with Crippen LogP contribution in [0.15, 0.2) is 29.2 Å². The Morgan fingerprint density at radius 1 is 1.12 bits per heavy atom. The van der Waals surface area contributed by atoms with Crippen molar-refractivity contribution in [2.45, 2.75) is 55.7 Å². The van der Waals surface area contributed by atoms with Crippen LogP contribution >= 0.6 is 0 Å². The summed E-state index contributed by atoms with van der Waals surface area (Å²) in [5, 5.41) is 3.15. The quantitative estimate of drug-likeness (QED) is 0.842. The fourth-order valence-corrected chi connectivity index (χ4v) is 4.24. The van der Waals surface area contributed by atoms with Gasteiger partial charge in [0.15, 0.2) is 9.84 Å². The lowest BCUT2D eigenvalue weighted by Gasteiger charge is -2.32. The molecule has 1 aromatic rings. The molecule has 2 fully saturated rings. The molecule has 5 nitrogen and oxygen atoms in total. The first kappa shape index (κ1) is 18.4. The van der Waals surface area contributed by atoms with Gasteiger partial charge in [0, 0.05) is 24.7 Å². The predicted molar refractivity (Wildman–Crippen MR) is 98.4 cm³/mol. The summed E-state index contributed by atoms with van der Waals surface area (Å²) in [4.78, 5) is 14.8. The molecule has 0 spiro atoms. The zero-order chi connectivity index (χ0) is 18.0. The van der Waals surface area contributed by atoms with Crippen LogP contribution in [0.3, 0.4) is 0 Å². The first-order valence-electron chi connectivity index (χ1n) is 9.24. The molecule has 0 bridgehead atoms. The summed E-state index contributed by atoms with van der Waals surface area (Å²) in [5.41, 5.74) is 0.562. The SMILES string of the molecule is CC(C)S(=O)(=O)c1ccc(C(=O)N2CCC(NCC3CC3)CC2)cc1. The second-order valence-corrected chi connectivity index (χ2v) is 10.0. The van der Waals surface area contributed by atoms with Crippen LogP contribution in [0.5, 0.6) is 0 Å². The molecular formula is C19H28N2O3S. The number of benzene rings is 1. The van der Waals surface area contributed by atoms with Gasteiger partial charge in [0.05, 0.1) is 10.1 Å². The lowest BCUT2D eigenvalue weighted by Crippen LogP contribution is -2.45. The molecule has 138 valence electrons. The highest BCUT2D eigenvalue weighted by Crippen LogP contribution is 2.28. The van der Waals surface area contributed by atoms with Crippen molar-refractivity contribution in [1.82, 2.24) is 10.2 Å². The van der Waals surface area contributed by atoms with E-state index in [0.717, 1.165) is 38.4 Å². The molecule has 6 heteroatoms. The molecule has 3 rings (SSSR count). The van der Waals surface area contributed by atoms with Crippen LogP contribution in [-0.4, -0.2) is 50.2 Å². The van der Waals surface area contributed by atoms with Crippen molar-refractivity contribution in [3.8, 4) is 0 Å². The molecule has 0 unspecified atom stereocenters. The molecule has 1 amide bonds. The number of piperidine rings is 1. The Labute approximate surface area is 150 Å². The maximum absolute atomic E-state index is 12.6. The third kappa shape index (κ3) is 4.42. The van der Waals surface area contributed by atoms with Gasteiger partial charge in [-0.3, -0.25) is 4.79 Å². The Kier molecular flexibility index (Phi) is 5.49. The third-order valence-electron chi connectivity index (χ3n) is 5.22. The first-order valence-corrected chi connectivity index (χ1v) is 10.8. The zero-order valence-corrected chi connectivity index (χ0v) is 15.9. The van der Waals surface area contributed by atoms with E-state index in [2.05, 4.69) is 5.32 Å². The van der Waals surface area contributed by atoms with Crippen LogP contribution in [0.1, 0.15) is 49.9 Å². The molecule has 1 N–H and O–H groups in total. The van der Waals surface area contributed by atoms with Gasteiger partial charge in [-0.2, -0.15) is 0 Å². The molecule has 0 atom stereocenters. The predicted octanol–water partition coefficient (Wildman–Crippen LogP) is 2.47. The van der Waals surface area contributed by atoms with Crippen molar-refractivity contribution in [2.24, 2.45) is 5.92 Å². The molecule has 0 aromatic heterocycles. The minimum Gasteiger partial charge on any atom is -0.339 e. The van der Waals surface area contributed by atoms with Crippen LogP contribution in [0.25, 0.3) is 0 Å². The number of hydrogen-bond acceptors (Lipinski definition) is 4. The number of likely N-dealkylation sites (tertiary alicyclic amines) is 1. The lowest BCUT2D eigenvalue weighted by atomic mass is 10.0. The van der Waals surface area contributed by atoms with E-state index in [1.54, 1.807) is 38.1 Å². The van der Waals surface area contributed by atoms with E-state index in [9.17, 15) is 13.2 Å². The minimum absolute atomic E-state index is 0.00543. The van der Waals surface area contributed by atoms with Crippen molar-refractivity contribution in [3.63, 3.8) is 0 Å². The number of amides is 1. The van der Waals surface area contributed by atoms with Gasteiger partial charge in [-0.05, 0) is 76.3 Å². The maximum atomic E-state index is 12.6. The van der Waals surface area contributed by atoms with E-state index in [-0.39, 0.29) is 10.8 Å². The van der Waals surface area contributed by atoms with Crippen molar-refractivity contribution < 1.29 is 13.2 Å². The maximum Gasteiger partial charge on any atom is 0.253 e. The van der Waals surface area contributed by atoms with Crippen LogP contribution in [-0.2, 0) is 9.84 Å². The number of carbonyl (C=O) groups is 1. The smallest absolute Gasteiger partial charge is 0.253 e. The lowest BCUT2D eigenvalue weighted by molar-refractivity contribution is 0.0705. The van der Waals surface area contributed by atoms with Gasteiger partial charge in [0.1, 0.15) is 0 Å². The first-order chi connectivity index (χ1) is 11.9. The average molecular weight is 365 g/mol. The number of nitrogens with one attached hydrogen (secondary N) is 1. The molecule has 1 heterocycles. The number of rotatable bonds is 6. The van der Waals surface area contributed by atoms with Crippen LogP contribution < -0.4 is 5.32 Å². The van der Waals surface area contributed by atoms with Gasteiger partial charge in [-0.15, -0.1) is 0 Å². The van der Waals surface area contributed by atoms with E-state index in [1.165, 1.54) is 12.8 Å². The normalized spacial score (nSPS) is 19.4. The van der Waals surface area contributed by atoms with Crippen molar-refractivity contribution in [3.05, 3.63) is 29.8 Å². The van der Waals surface area contributed by atoms with Gasteiger partial charge < -0.3 is 10.2 Å². The van der Waals surface area contributed by atoms with E-state index in [0.29, 0.717) is 11.6 Å². The highest BCUT2D eigenvalue weighted by Gasteiger charge is 2.26. The van der Waals surface area contributed by atoms with Crippen molar-refractivity contribution in [2.75, 3.05) is 19.6 Å². The van der Waals surface area contributed by atoms with Gasteiger partial charge >= 0.3 is 0 Å². The fourth-order valence-electron chi connectivity index (χ4n) is 3.18. The summed E-state index contributed by atoms with van der Waals surface area (Å²) in [6.45, 7) is 5.95. The minimum atomic E-state index is -3.29. The summed E-state index contributed by atoms with van der Waals surface area (Å²) in [6.07, 6.45) is 4.68. The Balaban J connectivity index is 1.56. The summed E-state index contributed by atoms with van der Waals surface area (Å²) in [7, 11) is -3.29. The number of carbonyl (C=O) groups excluding carboxylic acids is 1. The number of sulfone groups is 1. The summed E-state index contributed by atoms with van der Waals surface area (Å²) in [6, 6.07) is 6.88. The van der Waals surface area contributed by atoms with E-state index in [1.807, 2.05) is 4.90 Å². The largest absolute Gasteiger partial charge is 0.339 e. The number of nitrogens with zero attached hydrogens (tertiary/aromatic N) is 1. The van der Waals surface area contributed by atoms with Crippen molar-refractivity contribution >= 4 is 15.7 Å². The van der Waals surface area contributed by atoms with Gasteiger partial charge in [-0.1, -0.05) is 0 Å². The molecule has 25 heavy (non-hydrogen) atoms. The van der Waals surface area contributed by atoms with Gasteiger partial charge in [-0.25, -0.2) is 8.42 Å². The Morgan fingerprint density at radius 2 is 1.72 bits per heavy atom. The molecule has 1 saturated heterocycles.